The minimum atomic E-state index is -4.38. The van der Waals surface area contributed by atoms with E-state index in [1.807, 2.05) is 29.4 Å². The van der Waals surface area contributed by atoms with Crippen molar-refractivity contribution in [2.24, 2.45) is 5.10 Å². The smallest absolute Gasteiger partial charge is 0.231 e. The van der Waals surface area contributed by atoms with E-state index in [4.69, 9.17) is 5.10 Å². The number of anilines is 1. The molecule has 9 heteroatoms. The number of aromatic nitrogens is 1. The summed E-state index contributed by atoms with van der Waals surface area (Å²) in [7, 11) is 0. The minimum Gasteiger partial charge on any atom is -0.231 e. The van der Waals surface area contributed by atoms with Gasteiger partial charge in [0.25, 0.3) is 0 Å². The Kier molecular flexibility index (Phi) is 5.54. The summed E-state index contributed by atoms with van der Waals surface area (Å²) in [6, 6.07) is 15.2. The zero-order valence-corrected chi connectivity index (χ0v) is 18.9. The third-order valence-electron chi connectivity index (χ3n) is 5.39. The van der Waals surface area contributed by atoms with Crippen molar-refractivity contribution in [2.75, 3.05) is 5.01 Å². The van der Waals surface area contributed by atoms with Crippen LogP contribution in [0, 0.1) is 12.7 Å². The molecular weight excluding hydrogens is 470 g/mol. The van der Waals surface area contributed by atoms with Gasteiger partial charge in [-0.15, -0.1) is 22.7 Å². The van der Waals surface area contributed by atoms with Crippen molar-refractivity contribution >= 4 is 33.5 Å². The molecule has 5 rings (SSSR count). The molecule has 1 atom stereocenters. The van der Waals surface area contributed by atoms with Crippen LogP contribution in [0.4, 0.5) is 22.7 Å². The van der Waals surface area contributed by atoms with Gasteiger partial charge in [-0.1, -0.05) is 24.3 Å². The van der Waals surface area contributed by atoms with Crippen molar-refractivity contribution in [1.29, 1.82) is 0 Å². The van der Waals surface area contributed by atoms with Gasteiger partial charge in [-0.25, -0.2) is 14.4 Å². The lowest BCUT2D eigenvalue weighted by Gasteiger charge is -2.21. The Bertz CT molecular complexity index is 1300. The summed E-state index contributed by atoms with van der Waals surface area (Å²) < 4.78 is 52.2. The number of rotatable bonds is 4. The van der Waals surface area contributed by atoms with Crippen LogP contribution in [0.25, 0.3) is 11.3 Å². The molecule has 0 amide bonds. The molecule has 0 saturated heterocycles. The molecule has 2 aromatic carbocycles. The Balaban J connectivity index is 1.49. The first-order valence-corrected chi connectivity index (χ1v) is 11.8. The number of aryl methyl sites for hydroxylation is 1. The number of nitrogens with zero attached hydrogens (tertiary/aromatic N) is 3. The van der Waals surface area contributed by atoms with Crippen LogP contribution >= 0.6 is 22.7 Å². The summed E-state index contributed by atoms with van der Waals surface area (Å²) in [4.78, 5) is 6.92. The summed E-state index contributed by atoms with van der Waals surface area (Å²) in [6.07, 6.45) is -3.74. The highest BCUT2D eigenvalue weighted by Crippen LogP contribution is 2.40. The van der Waals surface area contributed by atoms with Crippen LogP contribution in [0.5, 0.6) is 0 Å². The van der Waals surface area contributed by atoms with Crippen molar-refractivity contribution in [2.45, 2.75) is 25.6 Å². The van der Waals surface area contributed by atoms with Crippen LogP contribution in [-0.2, 0) is 6.18 Å². The fraction of sp³-hybridized carbons (Fsp3) is 0.167. The van der Waals surface area contributed by atoms with Crippen molar-refractivity contribution < 1.29 is 17.6 Å². The van der Waals surface area contributed by atoms with Gasteiger partial charge in [0.15, 0.2) is 0 Å². The second kappa shape index (κ2) is 8.39. The van der Waals surface area contributed by atoms with Gasteiger partial charge in [-0.05, 0) is 48.9 Å². The molecule has 0 fully saturated rings. The molecule has 1 aliphatic rings. The number of hydrogen-bond donors (Lipinski definition) is 0. The molecule has 0 N–H and O–H groups in total. The van der Waals surface area contributed by atoms with Crippen molar-refractivity contribution in [3.63, 3.8) is 0 Å². The molecule has 168 valence electrons. The van der Waals surface area contributed by atoms with E-state index in [0.29, 0.717) is 22.8 Å². The molecule has 0 spiro atoms. The van der Waals surface area contributed by atoms with Crippen LogP contribution in [0.1, 0.15) is 33.3 Å². The molecule has 3 heterocycles. The predicted octanol–water partition coefficient (Wildman–Crippen LogP) is 7.69. The second-order valence-electron chi connectivity index (χ2n) is 7.66. The van der Waals surface area contributed by atoms with Crippen LogP contribution in [0.15, 0.2) is 71.1 Å². The van der Waals surface area contributed by atoms with Crippen LogP contribution < -0.4 is 5.01 Å². The number of hydrazone groups is 1. The number of thiazole rings is 1. The van der Waals surface area contributed by atoms with Gasteiger partial charge in [0.05, 0.1) is 27.9 Å². The van der Waals surface area contributed by atoms with Gasteiger partial charge in [-0.3, -0.25) is 0 Å². The van der Waals surface area contributed by atoms with Crippen LogP contribution in [0.3, 0.4) is 0 Å². The second-order valence-corrected chi connectivity index (χ2v) is 9.79. The van der Waals surface area contributed by atoms with E-state index in [1.165, 1.54) is 40.5 Å². The summed E-state index contributed by atoms with van der Waals surface area (Å²) in [5.41, 5.74) is 2.32. The van der Waals surface area contributed by atoms with Gasteiger partial charge >= 0.3 is 6.18 Å². The quantitative estimate of drug-likeness (QED) is 0.276. The summed E-state index contributed by atoms with van der Waals surface area (Å²) in [5, 5.41) is 9.11. The number of hydrogen-bond acceptors (Lipinski definition) is 5. The van der Waals surface area contributed by atoms with E-state index in [9.17, 15) is 17.6 Å². The number of thiophene rings is 1. The topological polar surface area (TPSA) is 28.5 Å². The highest BCUT2D eigenvalue weighted by atomic mass is 32.1. The van der Waals surface area contributed by atoms with Gasteiger partial charge in [0.2, 0.25) is 5.13 Å². The van der Waals surface area contributed by atoms with Gasteiger partial charge in [0.1, 0.15) is 5.82 Å². The molecule has 0 aliphatic carbocycles. The molecule has 1 aliphatic heterocycles. The van der Waals surface area contributed by atoms with E-state index in [2.05, 4.69) is 4.98 Å². The standard InChI is InChI=1S/C24H17F4N3S2/c1-14-2-11-22(33-14)19-12-21(16-5-9-18(25)10-6-16)31(30-19)23-29-20(13-32-23)15-3-7-17(8-4-15)24(26,27)28/h2-11,13,21H,12H2,1H3. The largest absolute Gasteiger partial charge is 0.416 e. The highest BCUT2D eigenvalue weighted by Gasteiger charge is 2.33. The molecule has 1 unspecified atom stereocenters. The first-order chi connectivity index (χ1) is 15.8. The Labute approximate surface area is 195 Å². The number of alkyl halides is 3. The lowest BCUT2D eigenvalue weighted by Crippen LogP contribution is -2.18. The van der Waals surface area contributed by atoms with E-state index in [0.717, 1.165) is 28.3 Å². The first-order valence-electron chi connectivity index (χ1n) is 10.1. The van der Waals surface area contributed by atoms with Gasteiger partial charge < -0.3 is 0 Å². The Hall–Kier alpha value is -3.04. The number of benzene rings is 2. The predicted molar refractivity (Wildman–Crippen MR) is 124 cm³/mol. The fourth-order valence-corrected chi connectivity index (χ4v) is 5.40. The molecule has 2 aromatic heterocycles. The third kappa shape index (κ3) is 4.43. The monoisotopic (exact) mass is 487 g/mol. The molecule has 0 radical (unpaired) electrons. The van der Waals surface area contributed by atoms with Crippen molar-refractivity contribution in [1.82, 2.24) is 4.98 Å². The average Bonchev–Trinajstić information content (AvgIpc) is 3.53. The third-order valence-corrected chi connectivity index (χ3v) is 7.27. The van der Waals surface area contributed by atoms with E-state index in [-0.39, 0.29) is 11.9 Å². The average molecular weight is 488 g/mol. The van der Waals surface area contributed by atoms with E-state index in [1.54, 1.807) is 23.5 Å². The van der Waals surface area contributed by atoms with Gasteiger partial charge in [-0.2, -0.15) is 18.3 Å². The molecule has 0 bridgehead atoms. The van der Waals surface area contributed by atoms with Crippen LogP contribution in [0.2, 0.25) is 0 Å². The zero-order valence-electron chi connectivity index (χ0n) is 17.3. The van der Waals surface area contributed by atoms with Crippen molar-refractivity contribution in [3.8, 4) is 11.3 Å². The van der Waals surface area contributed by atoms with Crippen LogP contribution in [-0.4, -0.2) is 10.7 Å². The minimum absolute atomic E-state index is 0.158. The van der Waals surface area contributed by atoms with E-state index >= 15 is 0 Å². The van der Waals surface area contributed by atoms with E-state index < -0.39 is 11.7 Å². The van der Waals surface area contributed by atoms with Gasteiger partial charge in [0, 0.05) is 22.2 Å². The summed E-state index contributed by atoms with van der Waals surface area (Å²) >= 11 is 3.03. The normalized spacial score (nSPS) is 16.3. The Morgan fingerprint density at radius 2 is 1.70 bits per heavy atom. The summed E-state index contributed by atoms with van der Waals surface area (Å²) in [6.45, 7) is 2.04. The maximum Gasteiger partial charge on any atom is 0.416 e. The lowest BCUT2D eigenvalue weighted by molar-refractivity contribution is -0.137. The Morgan fingerprint density at radius 3 is 2.33 bits per heavy atom. The first kappa shape index (κ1) is 21.8. The molecule has 3 nitrogen and oxygen atoms in total. The molecular formula is C24H17F4N3S2. The molecule has 0 saturated carbocycles. The SMILES string of the molecule is Cc1ccc(C2=NN(c3nc(-c4ccc(C(F)(F)F)cc4)cs3)C(c3ccc(F)cc3)C2)s1. The molecule has 4 aromatic rings. The summed E-state index contributed by atoms with van der Waals surface area (Å²) in [5.74, 6) is -0.308. The lowest BCUT2D eigenvalue weighted by atomic mass is 10.0. The highest BCUT2D eigenvalue weighted by molar-refractivity contribution is 7.14. The maximum atomic E-state index is 13.5. The fourth-order valence-electron chi connectivity index (χ4n) is 3.70. The van der Waals surface area contributed by atoms with Crippen molar-refractivity contribution in [3.05, 3.63) is 92.7 Å². The number of halogens is 4. The zero-order chi connectivity index (χ0) is 23.2. The Morgan fingerprint density at radius 1 is 0.970 bits per heavy atom. The maximum absolute atomic E-state index is 13.5. The molecule has 33 heavy (non-hydrogen) atoms.